The number of nitrogens with two attached hydrogens (primary N) is 1. The van der Waals surface area contributed by atoms with E-state index in [4.69, 9.17) is 28.9 Å². The van der Waals surface area contributed by atoms with Crippen LogP contribution in [0.25, 0.3) is 0 Å². The fourth-order valence-corrected chi connectivity index (χ4v) is 3.71. The molecule has 112 valence electrons. The molecule has 2 atom stereocenters. The molecular formula is C16H24Cl2N2. The van der Waals surface area contributed by atoms with E-state index in [1.165, 1.54) is 32.1 Å². The lowest BCUT2D eigenvalue weighted by Gasteiger charge is -2.41. The molecular weight excluding hydrogens is 291 g/mol. The van der Waals surface area contributed by atoms with Crippen molar-refractivity contribution in [2.24, 2.45) is 5.73 Å². The Kier molecular flexibility index (Phi) is 6.16. The lowest BCUT2D eigenvalue weighted by Crippen LogP contribution is -2.44. The smallest absolute Gasteiger partial charge is 0.0488 e. The maximum Gasteiger partial charge on any atom is 0.0488 e. The zero-order chi connectivity index (χ0) is 14.5. The molecule has 20 heavy (non-hydrogen) atoms. The van der Waals surface area contributed by atoms with Gasteiger partial charge < -0.3 is 5.73 Å². The van der Waals surface area contributed by atoms with Crippen LogP contribution in [0.1, 0.15) is 50.6 Å². The summed E-state index contributed by atoms with van der Waals surface area (Å²) in [5.74, 6) is 0. The van der Waals surface area contributed by atoms with E-state index in [9.17, 15) is 0 Å². The molecule has 0 aromatic heterocycles. The Morgan fingerprint density at radius 1 is 1.35 bits per heavy atom. The van der Waals surface area contributed by atoms with Gasteiger partial charge in [-0.05, 0) is 49.6 Å². The Morgan fingerprint density at radius 3 is 2.85 bits per heavy atom. The van der Waals surface area contributed by atoms with E-state index in [1.807, 2.05) is 18.2 Å². The zero-order valence-corrected chi connectivity index (χ0v) is 13.6. The van der Waals surface area contributed by atoms with Gasteiger partial charge >= 0.3 is 0 Å². The summed E-state index contributed by atoms with van der Waals surface area (Å²) in [6.07, 6.45) is 6.27. The van der Waals surface area contributed by atoms with Crippen LogP contribution in [0.5, 0.6) is 0 Å². The van der Waals surface area contributed by atoms with Crippen LogP contribution in [-0.4, -0.2) is 24.0 Å². The van der Waals surface area contributed by atoms with Gasteiger partial charge in [0.2, 0.25) is 0 Å². The highest BCUT2D eigenvalue weighted by Gasteiger charge is 2.29. The fraction of sp³-hybridized carbons (Fsp3) is 0.625. The predicted molar refractivity (Wildman–Crippen MR) is 87.5 cm³/mol. The highest BCUT2D eigenvalue weighted by molar-refractivity contribution is 6.33. The first-order chi connectivity index (χ1) is 9.67. The Balaban J connectivity index is 2.27. The number of hydrogen-bond donors (Lipinski definition) is 1. The van der Waals surface area contributed by atoms with E-state index in [1.54, 1.807) is 0 Å². The minimum absolute atomic E-state index is 0.179. The van der Waals surface area contributed by atoms with Gasteiger partial charge in [0.25, 0.3) is 0 Å². The van der Waals surface area contributed by atoms with Gasteiger partial charge in [0, 0.05) is 28.7 Å². The highest BCUT2D eigenvalue weighted by Crippen LogP contribution is 2.34. The quantitative estimate of drug-likeness (QED) is 0.857. The van der Waals surface area contributed by atoms with Gasteiger partial charge in [-0.25, -0.2) is 0 Å². The largest absolute Gasteiger partial charge is 0.329 e. The van der Waals surface area contributed by atoms with Crippen LogP contribution in [0.3, 0.4) is 0 Å². The topological polar surface area (TPSA) is 29.3 Å². The fourth-order valence-electron chi connectivity index (χ4n) is 3.29. The monoisotopic (exact) mass is 314 g/mol. The molecule has 2 unspecified atom stereocenters. The third kappa shape index (κ3) is 3.67. The van der Waals surface area contributed by atoms with Crippen molar-refractivity contribution in [1.29, 1.82) is 0 Å². The van der Waals surface area contributed by atoms with Crippen LogP contribution >= 0.6 is 23.2 Å². The van der Waals surface area contributed by atoms with E-state index in [0.717, 1.165) is 22.2 Å². The summed E-state index contributed by atoms with van der Waals surface area (Å²) in [5.41, 5.74) is 7.14. The van der Waals surface area contributed by atoms with E-state index in [-0.39, 0.29) is 6.04 Å². The van der Waals surface area contributed by atoms with Gasteiger partial charge in [0.15, 0.2) is 0 Å². The first kappa shape index (κ1) is 16.1. The van der Waals surface area contributed by atoms with Crippen molar-refractivity contribution in [3.05, 3.63) is 33.8 Å². The minimum atomic E-state index is 0.179. The van der Waals surface area contributed by atoms with E-state index in [2.05, 4.69) is 11.8 Å². The normalized spacial score (nSPS) is 21.9. The SMILES string of the molecule is CCCC1CCCCN1C(CN)c1cc(Cl)ccc1Cl. The molecule has 1 aliphatic heterocycles. The Hall–Kier alpha value is -0.280. The standard InChI is InChI=1S/C16H24Cl2N2/c1-2-5-13-6-3-4-9-20(13)16(11-19)14-10-12(17)7-8-15(14)18/h7-8,10,13,16H,2-6,9,11,19H2,1H3. The van der Waals surface area contributed by atoms with Crippen LogP contribution in [0.15, 0.2) is 18.2 Å². The van der Waals surface area contributed by atoms with E-state index >= 15 is 0 Å². The summed E-state index contributed by atoms with van der Waals surface area (Å²) in [6, 6.07) is 6.48. The molecule has 1 aliphatic rings. The molecule has 0 radical (unpaired) electrons. The number of rotatable bonds is 5. The maximum atomic E-state index is 6.37. The second-order valence-corrected chi connectivity index (χ2v) is 6.44. The molecule has 0 saturated carbocycles. The number of likely N-dealkylation sites (tertiary alicyclic amines) is 1. The van der Waals surface area contributed by atoms with Crippen LogP contribution in [0.4, 0.5) is 0 Å². The summed E-state index contributed by atoms with van der Waals surface area (Å²) in [7, 11) is 0. The molecule has 1 fully saturated rings. The molecule has 2 rings (SSSR count). The molecule has 1 heterocycles. The average Bonchev–Trinajstić information content (AvgIpc) is 2.45. The number of hydrogen-bond acceptors (Lipinski definition) is 2. The van der Waals surface area contributed by atoms with Crippen molar-refractivity contribution in [3.8, 4) is 0 Å². The van der Waals surface area contributed by atoms with E-state index in [0.29, 0.717) is 12.6 Å². The Labute approximate surface area is 132 Å². The van der Waals surface area contributed by atoms with Crippen molar-refractivity contribution in [2.75, 3.05) is 13.1 Å². The van der Waals surface area contributed by atoms with Crippen LogP contribution in [0.2, 0.25) is 10.0 Å². The minimum Gasteiger partial charge on any atom is -0.329 e. The van der Waals surface area contributed by atoms with E-state index < -0.39 is 0 Å². The zero-order valence-electron chi connectivity index (χ0n) is 12.1. The average molecular weight is 315 g/mol. The number of halogens is 2. The third-order valence-corrected chi connectivity index (χ3v) is 4.81. The lowest BCUT2D eigenvalue weighted by atomic mass is 9.93. The summed E-state index contributed by atoms with van der Waals surface area (Å²) in [5, 5.41) is 1.50. The highest BCUT2D eigenvalue weighted by atomic mass is 35.5. The summed E-state index contributed by atoms with van der Waals surface area (Å²) in [4.78, 5) is 2.55. The third-order valence-electron chi connectivity index (χ3n) is 4.24. The first-order valence-corrected chi connectivity index (χ1v) is 8.33. The second-order valence-electron chi connectivity index (χ2n) is 5.59. The summed E-state index contributed by atoms with van der Waals surface area (Å²) in [6.45, 7) is 3.94. The van der Waals surface area contributed by atoms with Crippen molar-refractivity contribution in [3.63, 3.8) is 0 Å². The van der Waals surface area contributed by atoms with Gasteiger partial charge in [0.05, 0.1) is 0 Å². The summed E-state index contributed by atoms with van der Waals surface area (Å²) < 4.78 is 0. The molecule has 4 heteroatoms. The van der Waals surface area contributed by atoms with Crippen molar-refractivity contribution < 1.29 is 0 Å². The molecule has 1 aromatic rings. The van der Waals surface area contributed by atoms with Gasteiger partial charge in [-0.2, -0.15) is 0 Å². The molecule has 1 saturated heterocycles. The van der Waals surface area contributed by atoms with Gasteiger partial charge in [-0.15, -0.1) is 0 Å². The molecule has 0 aliphatic carbocycles. The van der Waals surface area contributed by atoms with Crippen molar-refractivity contribution >= 4 is 23.2 Å². The number of nitrogens with zero attached hydrogens (tertiary/aromatic N) is 1. The number of benzene rings is 1. The molecule has 2 N–H and O–H groups in total. The predicted octanol–water partition coefficient (Wildman–Crippen LogP) is 4.65. The van der Waals surface area contributed by atoms with Crippen molar-refractivity contribution in [2.45, 2.75) is 51.1 Å². The van der Waals surface area contributed by atoms with Crippen LogP contribution in [-0.2, 0) is 0 Å². The Bertz CT molecular complexity index is 434. The van der Waals surface area contributed by atoms with Gasteiger partial charge in [-0.3, -0.25) is 4.90 Å². The molecule has 0 amide bonds. The Morgan fingerprint density at radius 2 is 2.15 bits per heavy atom. The van der Waals surface area contributed by atoms with Crippen molar-refractivity contribution in [1.82, 2.24) is 4.90 Å². The van der Waals surface area contributed by atoms with Crippen LogP contribution in [0, 0.1) is 0 Å². The lowest BCUT2D eigenvalue weighted by molar-refractivity contribution is 0.0913. The molecule has 0 bridgehead atoms. The van der Waals surface area contributed by atoms with Gasteiger partial charge in [-0.1, -0.05) is 43.0 Å². The molecule has 1 aromatic carbocycles. The molecule has 0 spiro atoms. The van der Waals surface area contributed by atoms with Gasteiger partial charge in [0.1, 0.15) is 0 Å². The molecule has 2 nitrogen and oxygen atoms in total. The second kappa shape index (κ2) is 7.65. The first-order valence-electron chi connectivity index (χ1n) is 7.58. The van der Waals surface area contributed by atoms with Crippen LogP contribution < -0.4 is 5.73 Å². The maximum absolute atomic E-state index is 6.37. The number of piperidine rings is 1. The summed E-state index contributed by atoms with van der Waals surface area (Å²) >= 11 is 12.5.